The third-order valence-corrected chi connectivity index (χ3v) is 2.65. The molecule has 0 bridgehead atoms. The normalized spacial score (nSPS) is 20.3. The molecule has 0 radical (unpaired) electrons. The average molecular weight is 240 g/mol. The number of nitrogens with zero attached hydrogens (tertiary/aromatic N) is 1. The van der Waals surface area contributed by atoms with Crippen LogP contribution in [0.1, 0.15) is 31.7 Å². The summed E-state index contributed by atoms with van der Waals surface area (Å²) >= 11 is 0. The van der Waals surface area contributed by atoms with E-state index in [1.807, 2.05) is 6.07 Å². The molecule has 5 heteroatoms. The summed E-state index contributed by atoms with van der Waals surface area (Å²) in [6, 6.07) is 2.38. The zero-order chi connectivity index (χ0) is 12.1. The Hall–Kier alpha value is -0.910. The standard InChI is InChI=1S/C12H20N2O3/c1-9(2)13-6-10-5-12(17-14-10)8-16-11-3-4-15-7-11/h5,9,11,13H,3-4,6-8H2,1-2H3. The van der Waals surface area contributed by atoms with Gasteiger partial charge in [-0.25, -0.2) is 0 Å². The van der Waals surface area contributed by atoms with Crippen molar-refractivity contribution in [1.29, 1.82) is 0 Å². The number of ether oxygens (including phenoxy) is 2. The number of hydrogen-bond acceptors (Lipinski definition) is 5. The lowest BCUT2D eigenvalue weighted by atomic mass is 10.3. The van der Waals surface area contributed by atoms with Gasteiger partial charge in [-0.05, 0) is 6.42 Å². The van der Waals surface area contributed by atoms with Crippen LogP contribution < -0.4 is 5.32 Å². The maximum atomic E-state index is 5.65. The Morgan fingerprint density at radius 2 is 2.47 bits per heavy atom. The van der Waals surface area contributed by atoms with Gasteiger partial charge >= 0.3 is 0 Å². The van der Waals surface area contributed by atoms with E-state index in [0.717, 1.165) is 31.0 Å². The summed E-state index contributed by atoms with van der Waals surface area (Å²) in [5, 5.41) is 7.27. The maximum Gasteiger partial charge on any atom is 0.162 e. The minimum absolute atomic E-state index is 0.206. The highest BCUT2D eigenvalue weighted by molar-refractivity contribution is 5.04. The van der Waals surface area contributed by atoms with Gasteiger partial charge in [-0.3, -0.25) is 0 Å². The molecule has 1 fully saturated rings. The van der Waals surface area contributed by atoms with Crippen molar-refractivity contribution in [2.75, 3.05) is 13.2 Å². The van der Waals surface area contributed by atoms with Crippen LogP contribution in [0.25, 0.3) is 0 Å². The van der Waals surface area contributed by atoms with Gasteiger partial charge in [0, 0.05) is 25.3 Å². The molecule has 5 nitrogen and oxygen atoms in total. The van der Waals surface area contributed by atoms with E-state index in [2.05, 4.69) is 24.3 Å². The Morgan fingerprint density at radius 3 is 3.18 bits per heavy atom. The van der Waals surface area contributed by atoms with Crippen LogP contribution in [0.5, 0.6) is 0 Å². The Balaban J connectivity index is 1.73. The lowest BCUT2D eigenvalue weighted by molar-refractivity contribution is 0.0212. The molecule has 0 aliphatic carbocycles. The first-order valence-electron chi connectivity index (χ1n) is 6.11. The van der Waals surface area contributed by atoms with Crippen molar-refractivity contribution in [1.82, 2.24) is 10.5 Å². The molecule has 1 saturated heterocycles. The number of nitrogens with one attached hydrogen (secondary N) is 1. The number of hydrogen-bond donors (Lipinski definition) is 1. The monoisotopic (exact) mass is 240 g/mol. The second kappa shape index (κ2) is 6.14. The Bertz CT molecular complexity index is 332. The van der Waals surface area contributed by atoms with Gasteiger partial charge in [0.15, 0.2) is 5.76 Å². The Labute approximate surface area is 101 Å². The molecule has 2 heterocycles. The summed E-state index contributed by atoms with van der Waals surface area (Å²) in [5.74, 6) is 0.775. The van der Waals surface area contributed by atoms with E-state index in [0.29, 0.717) is 19.3 Å². The van der Waals surface area contributed by atoms with Crippen molar-refractivity contribution in [2.24, 2.45) is 0 Å². The fourth-order valence-electron chi connectivity index (χ4n) is 1.66. The minimum Gasteiger partial charge on any atom is -0.379 e. The van der Waals surface area contributed by atoms with Gasteiger partial charge < -0.3 is 19.3 Å². The van der Waals surface area contributed by atoms with Crippen molar-refractivity contribution in [2.45, 2.75) is 45.6 Å². The fourth-order valence-corrected chi connectivity index (χ4v) is 1.66. The number of aromatic nitrogens is 1. The summed E-state index contributed by atoms with van der Waals surface area (Å²) in [5.41, 5.74) is 0.917. The van der Waals surface area contributed by atoms with Gasteiger partial charge in [0.25, 0.3) is 0 Å². The van der Waals surface area contributed by atoms with E-state index in [1.165, 1.54) is 0 Å². The van der Waals surface area contributed by atoms with E-state index < -0.39 is 0 Å². The Kier molecular flexibility index (Phi) is 4.53. The molecule has 1 aromatic heterocycles. The zero-order valence-corrected chi connectivity index (χ0v) is 10.4. The third kappa shape index (κ3) is 4.11. The first kappa shape index (κ1) is 12.5. The topological polar surface area (TPSA) is 56.5 Å². The summed E-state index contributed by atoms with van der Waals surface area (Å²) in [6.45, 7) is 6.89. The molecule has 0 spiro atoms. The van der Waals surface area contributed by atoms with Gasteiger partial charge in [0.2, 0.25) is 0 Å². The molecule has 1 atom stereocenters. The van der Waals surface area contributed by atoms with Gasteiger partial charge in [-0.2, -0.15) is 0 Å². The lowest BCUT2D eigenvalue weighted by Crippen LogP contribution is -2.21. The summed E-state index contributed by atoms with van der Waals surface area (Å²) in [6.07, 6.45) is 1.17. The minimum atomic E-state index is 0.206. The van der Waals surface area contributed by atoms with E-state index in [9.17, 15) is 0 Å². The van der Waals surface area contributed by atoms with E-state index in [4.69, 9.17) is 14.0 Å². The molecular weight excluding hydrogens is 220 g/mol. The highest BCUT2D eigenvalue weighted by atomic mass is 16.6. The molecule has 1 N–H and O–H groups in total. The summed E-state index contributed by atoms with van der Waals surface area (Å²) in [4.78, 5) is 0. The van der Waals surface area contributed by atoms with Gasteiger partial charge in [-0.1, -0.05) is 19.0 Å². The molecular formula is C12H20N2O3. The molecule has 1 aliphatic rings. The highest BCUT2D eigenvalue weighted by Crippen LogP contribution is 2.12. The second-order valence-electron chi connectivity index (χ2n) is 4.62. The quantitative estimate of drug-likeness (QED) is 0.816. The molecule has 1 aliphatic heterocycles. The smallest absolute Gasteiger partial charge is 0.162 e. The summed E-state index contributed by atoms with van der Waals surface area (Å²) < 4.78 is 16.1. The van der Waals surface area contributed by atoms with Crippen LogP contribution in [-0.4, -0.2) is 30.5 Å². The SMILES string of the molecule is CC(C)NCc1cc(COC2CCOC2)on1. The van der Waals surface area contributed by atoms with E-state index >= 15 is 0 Å². The van der Waals surface area contributed by atoms with Crippen LogP contribution >= 0.6 is 0 Å². The molecule has 1 aromatic rings. The maximum absolute atomic E-state index is 5.65. The van der Waals surface area contributed by atoms with Crippen LogP contribution in [0.15, 0.2) is 10.6 Å². The van der Waals surface area contributed by atoms with Crippen LogP contribution in [0, 0.1) is 0 Å². The third-order valence-electron chi connectivity index (χ3n) is 2.65. The van der Waals surface area contributed by atoms with Crippen molar-refractivity contribution in [3.05, 3.63) is 17.5 Å². The van der Waals surface area contributed by atoms with Crippen molar-refractivity contribution < 1.29 is 14.0 Å². The van der Waals surface area contributed by atoms with E-state index in [1.54, 1.807) is 0 Å². The predicted octanol–water partition coefficient (Wildman–Crippen LogP) is 1.48. The van der Waals surface area contributed by atoms with Crippen molar-refractivity contribution >= 4 is 0 Å². The Morgan fingerprint density at radius 1 is 1.59 bits per heavy atom. The molecule has 96 valence electrons. The number of rotatable bonds is 6. The summed E-state index contributed by atoms with van der Waals surface area (Å²) in [7, 11) is 0. The zero-order valence-electron chi connectivity index (χ0n) is 10.4. The van der Waals surface area contributed by atoms with Crippen LogP contribution in [0.4, 0.5) is 0 Å². The van der Waals surface area contributed by atoms with Crippen LogP contribution in [0.3, 0.4) is 0 Å². The van der Waals surface area contributed by atoms with Crippen LogP contribution in [-0.2, 0) is 22.6 Å². The first-order chi connectivity index (χ1) is 8.24. The predicted molar refractivity (Wildman–Crippen MR) is 62.5 cm³/mol. The highest BCUT2D eigenvalue weighted by Gasteiger charge is 2.16. The fraction of sp³-hybridized carbons (Fsp3) is 0.750. The molecule has 0 amide bonds. The van der Waals surface area contributed by atoms with Gasteiger partial charge in [0.1, 0.15) is 6.61 Å². The second-order valence-corrected chi connectivity index (χ2v) is 4.62. The molecule has 0 saturated carbocycles. The van der Waals surface area contributed by atoms with E-state index in [-0.39, 0.29) is 6.10 Å². The molecule has 2 rings (SSSR count). The lowest BCUT2D eigenvalue weighted by Gasteiger charge is -2.06. The first-order valence-corrected chi connectivity index (χ1v) is 6.11. The van der Waals surface area contributed by atoms with Crippen LogP contribution in [0.2, 0.25) is 0 Å². The van der Waals surface area contributed by atoms with Crippen molar-refractivity contribution in [3.8, 4) is 0 Å². The molecule has 1 unspecified atom stereocenters. The van der Waals surface area contributed by atoms with Gasteiger partial charge in [-0.15, -0.1) is 0 Å². The largest absolute Gasteiger partial charge is 0.379 e. The van der Waals surface area contributed by atoms with Gasteiger partial charge in [0.05, 0.1) is 18.4 Å². The van der Waals surface area contributed by atoms with Crippen molar-refractivity contribution in [3.63, 3.8) is 0 Å². The molecule has 17 heavy (non-hydrogen) atoms. The molecule has 0 aromatic carbocycles. The average Bonchev–Trinajstić information content (AvgIpc) is 2.95.